The molecule has 0 fully saturated rings. The van der Waals surface area contributed by atoms with Crippen LogP contribution in [0.25, 0.3) is 0 Å². The molecule has 1 unspecified atom stereocenters. The smallest absolute Gasteiger partial charge is 0.330 e. The minimum atomic E-state index is -1.07. The lowest BCUT2D eigenvalue weighted by molar-refractivity contribution is -0.142. The van der Waals surface area contributed by atoms with Crippen LogP contribution in [0.3, 0.4) is 0 Å². The Kier molecular flexibility index (Phi) is 6.60. The van der Waals surface area contributed by atoms with Crippen LogP contribution in [-0.4, -0.2) is 30.2 Å². The highest BCUT2D eigenvalue weighted by atomic mass is 16.5. The molecular formula is C14H19NO4. The first-order valence-electron chi connectivity index (χ1n) is 6.30. The molecule has 1 aromatic carbocycles. The SMILES string of the molecule is CCOCCCC(=O)NC(C(=O)O)c1ccccc1. The second-order valence-corrected chi connectivity index (χ2v) is 4.05. The number of hydrogen-bond donors (Lipinski definition) is 2. The first kappa shape index (κ1) is 15.2. The Hall–Kier alpha value is -1.88. The van der Waals surface area contributed by atoms with Gasteiger partial charge in [0.1, 0.15) is 0 Å². The van der Waals surface area contributed by atoms with Gasteiger partial charge in [-0.2, -0.15) is 0 Å². The Labute approximate surface area is 112 Å². The second kappa shape index (κ2) is 8.26. The normalized spacial score (nSPS) is 11.8. The molecule has 0 saturated carbocycles. The van der Waals surface area contributed by atoms with Crippen molar-refractivity contribution < 1.29 is 19.4 Å². The predicted octanol–water partition coefficient (Wildman–Crippen LogP) is 1.75. The van der Waals surface area contributed by atoms with Crippen LogP contribution < -0.4 is 5.32 Å². The van der Waals surface area contributed by atoms with Crippen LogP contribution in [-0.2, 0) is 14.3 Å². The Morgan fingerprint density at radius 1 is 1.32 bits per heavy atom. The van der Waals surface area contributed by atoms with Gasteiger partial charge in [0.25, 0.3) is 0 Å². The highest BCUT2D eigenvalue weighted by Crippen LogP contribution is 2.12. The number of benzene rings is 1. The molecule has 5 heteroatoms. The average Bonchev–Trinajstić information content (AvgIpc) is 2.41. The quantitative estimate of drug-likeness (QED) is 0.702. The number of carboxylic acids is 1. The summed E-state index contributed by atoms with van der Waals surface area (Å²) in [5.74, 6) is -1.35. The van der Waals surface area contributed by atoms with E-state index >= 15 is 0 Å². The summed E-state index contributed by atoms with van der Waals surface area (Å²) in [5, 5.41) is 11.7. The lowest BCUT2D eigenvalue weighted by atomic mass is 10.1. The molecule has 1 rings (SSSR count). The lowest BCUT2D eigenvalue weighted by Crippen LogP contribution is -2.33. The lowest BCUT2D eigenvalue weighted by Gasteiger charge is -2.14. The molecule has 0 heterocycles. The largest absolute Gasteiger partial charge is 0.479 e. The van der Waals surface area contributed by atoms with Crippen LogP contribution in [0.15, 0.2) is 30.3 Å². The molecule has 0 aliphatic carbocycles. The maximum atomic E-state index is 11.7. The highest BCUT2D eigenvalue weighted by Gasteiger charge is 2.21. The Morgan fingerprint density at radius 2 is 2.00 bits per heavy atom. The van der Waals surface area contributed by atoms with Gasteiger partial charge in [-0.3, -0.25) is 4.79 Å². The van der Waals surface area contributed by atoms with Gasteiger partial charge in [-0.1, -0.05) is 30.3 Å². The minimum absolute atomic E-state index is 0.261. The van der Waals surface area contributed by atoms with Crippen molar-refractivity contribution in [2.24, 2.45) is 0 Å². The van der Waals surface area contributed by atoms with Crippen molar-refractivity contribution >= 4 is 11.9 Å². The van der Waals surface area contributed by atoms with Crippen molar-refractivity contribution in [3.8, 4) is 0 Å². The molecule has 104 valence electrons. The average molecular weight is 265 g/mol. The molecule has 0 aromatic heterocycles. The van der Waals surface area contributed by atoms with Crippen molar-refractivity contribution in [3.05, 3.63) is 35.9 Å². The van der Waals surface area contributed by atoms with Crippen LogP contribution in [0.1, 0.15) is 31.4 Å². The monoisotopic (exact) mass is 265 g/mol. The molecule has 19 heavy (non-hydrogen) atoms. The molecule has 0 bridgehead atoms. The van der Waals surface area contributed by atoms with Crippen molar-refractivity contribution in [2.75, 3.05) is 13.2 Å². The van der Waals surface area contributed by atoms with Gasteiger partial charge in [-0.25, -0.2) is 4.79 Å². The number of aliphatic carboxylic acids is 1. The Balaban J connectivity index is 2.51. The molecule has 5 nitrogen and oxygen atoms in total. The van der Waals surface area contributed by atoms with Gasteiger partial charge in [-0.05, 0) is 18.9 Å². The summed E-state index contributed by atoms with van der Waals surface area (Å²) in [7, 11) is 0. The summed E-state index contributed by atoms with van der Waals surface area (Å²) in [6, 6.07) is 7.64. The summed E-state index contributed by atoms with van der Waals surface area (Å²) >= 11 is 0. The first-order chi connectivity index (χ1) is 9.15. The van der Waals surface area contributed by atoms with E-state index in [9.17, 15) is 9.59 Å². The van der Waals surface area contributed by atoms with E-state index in [2.05, 4.69) is 5.32 Å². The fraction of sp³-hybridized carbons (Fsp3) is 0.429. The number of carbonyl (C=O) groups is 2. The number of ether oxygens (including phenoxy) is 1. The fourth-order valence-corrected chi connectivity index (χ4v) is 1.65. The van der Waals surface area contributed by atoms with Gasteiger partial charge in [-0.15, -0.1) is 0 Å². The van der Waals surface area contributed by atoms with Crippen LogP contribution in [0, 0.1) is 0 Å². The van der Waals surface area contributed by atoms with Gasteiger partial charge < -0.3 is 15.2 Å². The zero-order valence-corrected chi connectivity index (χ0v) is 11.0. The van der Waals surface area contributed by atoms with Crippen LogP contribution in [0.4, 0.5) is 0 Å². The standard InChI is InChI=1S/C14H19NO4/c1-2-19-10-6-9-12(16)15-13(14(17)18)11-7-4-3-5-8-11/h3-5,7-8,13H,2,6,9-10H2,1H3,(H,15,16)(H,17,18). The van der Waals surface area contributed by atoms with Crippen molar-refractivity contribution in [2.45, 2.75) is 25.8 Å². The van der Waals surface area contributed by atoms with E-state index < -0.39 is 12.0 Å². The maximum Gasteiger partial charge on any atom is 0.330 e. The van der Waals surface area contributed by atoms with E-state index in [1.165, 1.54) is 0 Å². The van der Waals surface area contributed by atoms with E-state index in [0.29, 0.717) is 25.2 Å². The van der Waals surface area contributed by atoms with E-state index in [4.69, 9.17) is 9.84 Å². The Bertz CT molecular complexity index is 405. The number of rotatable bonds is 8. The minimum Gasteiger partial charge on any atom is -0.479 e. The number of nitrogens with one attached hydrogen (secondary N) is 1. The molecular weight excluding hydrogens is 246 g/mol. The molecule has 0 radical (unpaired) electrons. The third-order valence-corrected chi connectivity index (χ3v) is 2.58. The molecule has 0 aliphatic rings. The highest BCUT2D eigenvalue weighted by molar-refractivity contribution is 5.84. The molecule has 0 aliphatic heterocycles. The van der Waals surface area contributed by atoms with Gasteiger partial charge in [0, 0.05) is 19.6 Å². The van der Waals surface area contributed by atoms with E-state index in [0.717, 1.165) is 0 Å². The molecule has 2 N–H and O–H groups in total. The number of carbonyl (C=O) groups excluding carboxylic acids is 1. The van der Waals surface area contributed by atoms with Gasteiger partial charge in [0.05, 0.1) is 0 Å². The van der Waals surface area contributed by atoms with Gasteiger partial charge in [0.15, 0.2) is 6.04 Å². The third kappa shape index (κ3) is 5.52. The topological polar surface area (TPSA) is 75.6 Å². The summed E-state index contributed by atoms with van der Waals surface area (Å²) in [6.45, 7) is 3.01. The van der Waals surface area contributed by atoms with Crippen LogP contribution in [0.5, 0.6) is 0 Å². The molecule has 0 saturated heterocycles. The van der Waals surface area contributed by atoms with Crippen molar-refractivity contribution in [1.82, 2.24) is 5.32 Å². The third-order valence-electron chi connectivity index (χ3n) is 2.58. The van der Waals surface area contributed by atoms with Crippen LogP contribution in [0.2, 0.25) is 0 Å². The molecule has 1 atom stereocenters. The first-order valence-corrected chi connectivity index (χ1v) is 6.30. The summed E-state index contributed by atoms with van der Waals surface area (Å²) in [4.78, 5) is 22.8. The van der Waals surface area contributed by atoms with Gasteiger partial charge >= 0.3 is 5.97 Å². The predicted molar refractivity (Wildman–Crippen MR) is 70.7 cm³/mol. The Morgan fingerprint density at radius 3 is 2.58 bits per heavy atom. The zero-order chi connectivity index (χ0) is 14.1. The maximum absolute atomic E-state index is 11.7. The van der Waals surface area contributed by atoms with Crippen LogP contribution >= 0.6 is 0 Å². The van der Waals surface area contributed by atoms with E-state index in [1.54, 1.807) is 30.3 Å². The van der Waals surface area contributed by atoms with E-state index in [1.807, 2.05) is 6.92 Å². The zero-order valence-electron chi connectivity index (χ0n) is 11.0. The molecule has 0 spiro atoms. The molecule has 1 aromatic rings. The van der Waals surface area contributed by atoms with E-state index in [-0.39, 0.29) is 12.3 Å². The summed E-state index contributed by atoms with van der Waals surface area (Å²) in [5.41, 5.74) is 0.563. The van der Waals surface area contributed by atoms with Gasteiger partial charge in [0.2, 0.25) is 5.91 Å². The number of amides is 1. The number of hydrogen-bond acceptors (Lipinski definition) is 3. The van der Waals surface area contributed by atoms with Crippen molar-refractivity contribution in [3.63, 3.8) is 0 Å². The van der Waals surface area contributed by atoms with Crippen molar-refractivity contribution in [1.29, 1.82) is 0 Å². The fourth-order valence-electron chi connectivity index (χ4n) is 1.65. The summed E-state index contributed by atoms with van der Waals surface area (Å²) in [6.07, 6.45) is 0.845. The second-order valence-electron chi connectivity index (χ2n) is 4.05. The number of carboxylic acid groups (broad SMARTS) is 1. The summed E-state index contributed by atoms with van der Waals surface area (Å²) < 4.78 is 5.12. The molecule has 1 amide bonds.